The van der Waals surface area contributed by atoms with Gasteiger partial charge in [0.2, 0.25) is 10.0 Å². The predicted octanol–water partition coefficient (Wildman–Crippen LogP) is 5.26. The van der Waals surface area contributed by atoms with Crippen molar-refractivity contribution in [2.45, 2.75) is 20.4 Å². The van der Waals surface area contributed by atoms with Gasteiger partial charge >= 0.3 is 0 Å². The second kappa shape index (κ2) is 10.6. The highest BCUT2D eigenvalue weighted by molar-refractivity contribution is 7.92. The van der Waals surface area contributed by atoms with Gasteiger partial charge in [-0.15, -0.1) is 0 Å². The second-order valence-corrected chi connectivity index (χ2v) is 11.2. The molecule has 2 N–H and O–H groups in total. The number of carbonyl (C=O) groups excluding carboxylic acids is 1. The Morgan fingerprint density at radius 2 is 1.70 bits per heavy atom. The lowest BCUT2D eigenvalue weighted by Crippen LogP contribution is -2.14. The summed E-state index contributed by atoms with van der Waals surface area (Å²) in [6, 6.07) is 25.4. The fourth-order valence-electron chi connectivity index (χ4n) is 4.50. The highest BCUT2D eigenvalue weighted by Gasteiger charge is 2.19. The van der Waals surface area contributed by atoms with Gasteiger partial charge in [-0.25, -0.2) is 13.4 Å². The van der Waals surface area contributed by atoms with Crippen LogP contribution >= 0.6 is 0 Å². The van der Waals surface area contributed by atoms with Crippen molar-refractivity contribution in [2.24, 2.45) is 0 Å². The molecule has 5 aromatic rings. The molecule has 2 heterocycles. The number of sulfonamides is 1. The Morgan fingerprint density at radius 1 is 1.00 bits per heavy atom. The lowest BCUT2D eigenvalue weighted by atomic mass is 10.0. The summed E-state index contributed by atoms with van der Waals surface area (Å²) in [5.74, 6) is -0.292. The van der Waals surface area contributed by atoms with E-state index in [-0.39, 0.29) is 5.91 Å². The second-order valence-electron chi connectivity index (χ2n) is 9.49. The number of rotatable bonds is 7. The summed E-state index contributed by atoms with van der Waals surface area (Å²) in [6.07, 6.45) is 1.09. The fraction of sp³-hybridized carbons (Fsp3) is 0.133. The Labute approximate surface area is 232 Å². The van der Waals surface area contributed by atoms with Crippen molar-refractivity contribution in [1.29, 1.82) is 5.26 Å². The molecule has 200 valence electrons. The molecule has 1 amide bonds. The summed E-state index contributed by atoms with van der Waals surface area (Å²) >= 11 is 0. The molecule has 0 atom stereocenters. The molecular weight excluding hydrogens is 524 g/mol. The van der Waals surface area contributed by atoms with E-state index in [0.717, 1.165) is 23.1 Å². The molecule has 0 saturated carbocycles. The molecule has 0 aliphatic carbocycles. The van der Waals surface area contributed by atoms with E-state index in [9.17, 15) is 13.2 Å². The zero-order valence-electron chi connectivity index (χ0n) is 22.1. The molecule has 2 aromatic heterocycles. The van der Waals surface area contributed by atoms with Gasteiger partial charge in [-0.2, -0.15) is 10.4 Å². The number of aromatic nitrogens is 3. The molecule has 0 bridgehead atoms. The van der Waals surface area contributed by atoms with Crippen molar-refractivity contribution < 1.29 is 13.2 Å². The molecule has 0 aliphatic heterocycles. The first-order chi connectivity index (χ1) is 19.1. The Hall–Kier alpha value is -5.01. The van der Waals surface area contributed by atoms with Crippen molar-refractivity contribution in [3.63, 3.8) is 0 Å². The van der Waals surface area contributed by atoms with Gasteiger partial charge < -0.3 is 5.32 Å². The van der Waals surface area contributed by atoms with Gasteiger partial charge in [-0.3, -0.25) is 14.2 Å². The van der Waals surface area contributed by atoms with Crippen LogP contribution in [0.25, 0.3) is 22.2 Å². The highest BCUT2D eigenvalue weighted by Crippen LogP contribution is 2.28. The van der Waals surface area contributed by atoms with E-state index in [0.29, 0.717) is 51.3 Å². The minimum atomic E-state index is -3.39. The van der Waals surface area contributed by atoms with Crippen molar-refractivity contribution in [2.75, 3.05) is 16.3 Å². The van der Waals surface area contributed by atoms with Gasteiger partial charge in [0.25, 0.3) is 5.91 Å². The molecule has 40 heavy (non-hydrogen) atoms. The van der Waals surface area contributed by atoms with Crippen LogP contribution in [-0.2, 0) is 16.6 Å². The summed E-state index contributed by atoms with van der Waals surface area (Å²) < 4.78 is 27.4. The number of benzene rings is 3. The molecule has 0 fully saturated rings. The monoisotopic (exact) mass is 550 g/mol. The predicted molar refractivity (Wildman–Crippen MR) is 156 cm³/mol. The molecule has 9 nitrogen and oxygen atoms in total. The summed E-state index contributed by atoms with van der Waals surface area (Å²) in [7, 11) is -3.39. The van der Waals surface area contributed by atoms with Crippen LogP contribution in [0, 0.1) is 25.2 Å². The first-order valence-corrected chi connectivity index (χ1v) is 14.3. The number of nitrogens with one attached hydrogen (secondary N) is 2. The van der Waals surface area contributed by atoms with Crippen LogP contribution in [0.4, 0.5) is 11.4 Å². The highest BCUT2D eigenvalue weighted by atomic mass is 32.2. The van der Waals surface area contributed by atoms with Crippen LogP contribution in [-0.4, -0.2) is 35.3 Å². The van der Waals surface area contributed by atoms with Crippen LogP contribution in [0.15, 0.2) is 78.9 Å². The number of anilines is 2. The fourth-order valence-corrected chi connectivity index (χ4v) is 5.07. The number of para-hydroxylation sites is 1. The van der Waals surface area contributed by atoms with Gasteiger partial charge in [-0.05, 0) is 55.8 Å². The number of carbonyl (C=O) groups is 1. The maximum Gasteiger partial charge on any atom is 0.256 e. The third-order valence-electron chi connectivity index (χ3n) is 6.48. The van der Waals surface area contributed by atoms with Crippen molar-refractivity contribution >= 4 is 38.2 Å². The first-order valence-electron chi connectivity index (χ1n) is 12.4. The number of aryl methyl sites for hydroxylation is 1. The molecule has 0 aliphatic rings. The van der Waals surface area contributed by atoms with Gasteiger partial charge in [0, 0.05) is 16.6 Å². The maximum absolute atomic E-state index is 13.7. The van der Waals surface area contributed by atoms with E-state index in [1.165, 1.54) is 0 Å². The molecule has 5 rings (SSSR count). The van der Waals surface area contributed by atoms with E-state index in [1.54, 1.807) is 42.5 Å². The zero-order valence-corrected chi connectivity index (χ0v) is 23.0. The quantitative estimate of drug-likeness (QED) is 0.284. The largest absolute Gasteiger partial charge is 0.319 e. The van der Waals surface area contributed by atoms with Gasteiger partial charge in [0.1, 0.15) is 0 Å². The molecule has 10 heteroatoms. The van der Waals surface area contributed by atoms with Crippen molar-refractivity contribution in [3.05, 3.63) is 107 Å². The van der Waals surface area contributed by atoms with Gasteiger partial charge in [-0.1, -0.05) is 42.5 Å². The minimum Gasteiger partial charge on any atom is -0.319 e. The number of pyridine rings is 1. The third kappa shape index (κ3) is 5.70. The molecule has 3 aromatic carbocycles. The average molecular weight is 551 g/mol. The summed E-state index contributed by atoms with van der Waals surface area (Å²) in [5.41, 5.74) is 6.59. The smallest absolute Gasteiger partial charge is 0.256 e. The Balaban J connectivity index is 1.46. The van der Waals surface area contributed by atoms with E-state index >= 15 is 0 Å². The molecule has 0 unspecified atom stereocenters. The number of hydrogen-bond donors (Lipinski definition) is 2. The van der Waals surface area contributed by atoms with Crippen molar-refractivity contribution in [3.8, 4) is 17.3 Å². The Morgan fingerprint density at radius 3 is 2.38 bits per heavy atom. The Bertz CT molecular complexity index is 1890. The molecule has 0 radical (unpaired) electrons. The third-order valence-corrected chi connectivity index (χ3v) is 7.09. The molecule has 0 saturated heterocycles. The number of nitrogens with zero attached hydrogens (tertiary/aromatic N) is 4. The van der Waals surface area contributed by atoms with Crippen LogP contribution in [0.3, 0.4) is 0 Å². The molecular formula is C30H26N6O3S. The van der Waals surface area contributed by atoms with Crippen molar-refractivity contribution in [1.82, 2.24) is 14.8 Å². The minimum absolute atomic E-state index is 0.292. The normalized spacial score (nSPS) is 11.2. The van der Waals surface area contributed by atoms with Crippen LogP contribution in [0.1, 0.15) is 32.9 Å². The number of nitriles is 1. The summed E-state index contributed by atoms with van der Waals surface area (Å²) in [6.45, 7) is 4.25. The van der Waals surface area contributed by atoms with Crippen LogP contribution in [0.2, 0.25) is 0 Å². The molecule has 0 spiro atoms. The topological polar surface area (TPSA) is 130 Å². The summed E-state index contributed by atoms with van der Waals surface area (Å²) in [5, 5.41) is 17.4. The zero-order chi connectivity index (χ0) is 28.4. The number of amides is 1. The van der Waals surface area contributed by atoms with E-state index < -0.39 is 10.0 Å². The van der Waals surface area contributed by atoms with E-state index in [1.807, 2.05) is 54.9 Å². The summed E-state index contributed by atoms with van der Waals surface area (Å²) in [4.78, 5) is 18.4. The van der Waals surface area contributed by atoms with Gasteiger partial charge in [0.15, 0.2) is 0 Å². The SMILES string of the molecule is Cc1nn(Cc2ccc(C#N)cc2)c(C)c1NC(=O)c1cc(-c2ccc(NS(C)(=O)=O)cc2)nc2ccccc12. The Kier molecular flexibility index (Phi) is 7.07. The maximum atomic E-state index is 13.7. The van der Waals surface area contributed by atoms with Gasteiger partial charge in [0.05, 0.1) is 58.3 Å². The first kappa shape index (κ1) is 26.6. The lowest BCUT2D eigenvalue weighted by Gasteiger charge is -2.12. The van der Waals surface area contributed by atoms with Crippen LogP contribution in [0.5, 0.6) is 0 Å². The standard InChI is InChI=1S/C30H26N6O3S/c1-19-29(20(2)36(34-19)18-22-10-8-21(17-31)9-11-22)33-30(37)26-16-28(32-27-7-5-4-6-25(26)27)23-12-14-24(15-13-23)35-40(3,38)39/h4-16,35H,18H2,1-3H3,(H,33,37). The lowest BCUT2D eigenvalue weighted by molar-refractivity contribution is 0.102. The van der Waals surface area contributed by atoms with E-state index in [4.69, 9.17) is 10.2 Å². The number of hydrogen-bond acceptors (Lipinski definition) is 6. The number of fused-ring (bicyclic) bond motifs is 1. The van der Waals surface area contributed by atoms with E-state index in [2.05, 4.69) is 21.2 Å². The van der Waals surface area contributed by atoms with Crippen LogP contribution < -0.4 is 10.0 Å². The average Bonchev–Trinajstić information content (AvgIpc) is 3.19.